The standard InChI is InChI=1S/C18H18F3NO2/c1-11-10-14(24-2)15(13-8-9-22-16(11)13)17(23,18(19,20)21)12-6-4-3-5-7-12/h3-6,8-10,12,22-23H,7H2,1-2H3. The van der Waals surface area contributed by atoms with Crippen LogP contribution in [0.25, 0.3) is 10.9 Å². The number of ether oxygens (including phenoxy) is 1. The van der Waals surface area contributed by atoms with Gasteiger partial charge in [-0.3, -0.25) is 0 Å². The van der Waals surface area contributed by atoms with Crippen LogP contribution in [-0.2, 0) is 5.60 Å². The lowest BCUT2D eigenvalue weighted by Gasteiger charge is -2.38. The van der Waals surface area contributed by atoms with Crippen molar-refractivity contribution in [2.24, 2.45) is 5.92 Å². The number of aliphatic hydroxyl groups is 1. The van der Waals surface area contributed by atoms with Gasteiger partial charge in [0.2, 0.25) is 0 Å². The lowest BCUT2D eigenvalue weighted by molar-refractivity contribution is -0.281. The van der Waals surface area contributed by atoms with Gasteiger partial charge in [0.25, 0.3) is 0 Å². The molecule has 2 atom stereocenters. The molecular weight excluding hydrogens is 319 g/mol. The zero-order chi connectivity index (χ0) is 17.5. The van der Waals surface area contributed by atoms with Crippen molar-refractivity contribution >= 4 is 10.9 Å². The Bertz CT molecular complexity index is 820. The van der Waals surface area contributed by atoms with Crippen molar-refractivity contribution in [1.29, 1.82) is 0 Å². The van der Waals surface area contributed by atoms with E-state index in [0.717, 1.165) is 5.56 Å². The molecule has 6 heteroatoms. The van der Waals surface area contributed by atoms with Crippen molar-refractivity contribution in [3.05, 3.63) is 53.8 Å². The normalized spacial score (nSPS) is 20.3. The highest BCUT2D eigenvalue weighted by Gasteiger charge is 2.60. The first-order valence-corrected chi connectivity index (χ1v) is 7.58. The molecule has 0 bridgehead atoms. The van der Waals surface area contributed by atoms with E-state index in [-0.39, 0.29) is 17.7 Å². The number of hydrogen-bond acceptors (Lipinski definition) is 2. The van der Waals surface area contributed by atoms with Crippen LogP contribution in [-0.4, -0.2) is 23.4 Å². The summed E-state index contributed by atoms with van der Waals surface area (Å²) in [7, 11) is 1.31. The van der Waals surface area contributed by atoms with E-state index in [2.05, 4.69) is 4.98 Å². The molecule has 1 aromatic heterocycles. The maximum atomic E-state index is 14.1. The third-order valence-electron chi connectivity index (χ3n) is 4.56. The van der Waals surface area contributed by atoms with Gasteiger partial charge in [-0.1, -0.05) is 24.3 Å². The van der Waals surface area contributed by atoms with E-state index >= 15 is 0 Å². The summed E-state index contributed by atoms with van der Waals surface area (Å²) >= 11 is 0. The second kappa shape index (κ2) is 5.70. The molecule has 128 valence electrons. The van der Waals surface area contributed by atoms with Crippen molar-refractivity contribution in [3.63, 3.8) is 0 Å². The van der Waals surface area contributed by atoms with Crippen LogP contribution in [0.15, 0.2) is 42.6 Å². The van der Waals surface area contributed by atoms with Gasteiger partial charge in [-0.15, -0.1) is 0 Å². The Morgan fingerprint density at radius 1 is 1.29 bits per heavy atom. The van der Waals surface area contributed by atoms with Crippen molar-refractivity contribution in [2.45, 2.75) is 25.1 Å². The summed E-state index contributed by atoms with van der Waals surface area (Å²) in [6.07, 6.45) is 3.01. The zero-order valence-corrected chi connectivity index (χ0v) is 13.3. The summed E-state index contributed by atoms with van der Waals surface area (Å²) in [6.45, 7) is 1.78. The Kier molecular flexibility index (Phi) is 3.95. The number of allylic oxidation sites excluding steroid dienone is 3. The van der Waals surface area contributed by atoms with Crippen LogP contribution in [0.1, 0.15) is 17.5 Å². The highest BCUT2D eigenvalue weighted by atomic mass is 19.4. The zero-order valence-electron chi connectivity index (χ0n) is 13.3. The van der Waals surface area contributed by atoms with Gasteiger partial charge >= 0.3 is 6.18 Å². The predicted octanol–water partition coefficient (Wildman–Crippen LogP) is 4.37. The molecule has 0 saturated carbocycles. The first kappa shape index (κ1) is 16.6. The van der Waals surface area contributed by atoms with E-state index in [9.17, 15) is 18.3 Å². The molecule has 1 aromatic carbocycles. The first-order chi connectivity index (χ1) is 11.3. The molecule has 0 spiro atoms. The van der Waals surface area contributed by atoms with Crippen LogP contribution in [0.4, 0.5) is 13.2 Å². The Morgan fingerprint density at radius 2 is 2.04 bits per heavy atom. The molecule has 1 aliphatic carbocycles. The van der Waals surface area contributed by atoms with Crippen molar-refractivity contribution in [3.8, 4) is 5.75 Å². The van der Waals surface area contributed by atoms with Crippen LogP contribution < -0.4 is 4.74 Å². The van der Waals surface area contributed by atoms with Crippen LogP contribution in [0.5, 0.6) is 5.75 Å². The number of hydrogen-bond donors (Lipinski definition) is 2. The minimum absolute atomic E-state index is 0.0300. The Hall–Kier alpha value is -2.21. The third kappa shape index (κ3) is 2.33. The van der Waals surface area contributed by atoms with E-state index in [1.165, 1.54) is 25.3 Å². The number of H-pyrrole nitrogens is 1. The number of aromatic nitrogens is 1. The predicted molar refractivity (Wildman–Crippen MR) is 85.9 cm³/mol. The average Bonchev–Trinajstić information content (AvgIpc) is 3.03. The van der Waals surface area contributed by atoms with Gasteiger partial charge < -0.3 is 14.8 Å². The van der Waals surface area contributed by atoms with E-state index in [0.29, 0.717) is 10.9 Å². The van der Waals surface area contributed by atoms with Gasteiger partial charge in [0.1, 0.15) is 5.75 Å². The highest BCUT2D eigenvalue weighted by Crippen LogP contribution is 2.52. The molecule has 0 saturated heterocycles. The Balaban J connectivity index is 2.35. The highest BCUT2D eigenvalue weighted by molar-refractivity contribution is 5.89. The molecule has 2 aromatic rings. The van der Waals surface area contributed by atoms with E-state index in [1.54, 1.807) is 31.3 Å². The van der Waals surface area contributed by atoms with Gasteiger partial charge in [0.15, 0.2) is 5.60 Å². The summed E-state index contributed by atoms with van der Waals surface area (Å²) in [5.41, 5.74) is -1.99. The third-order valence-corrected chi connectivity index (χ3v) is 4.56. The minimum atomic E-state index is -4.86. The monoisotopic (exact) mass is 337 g/mol. The number of fused-ring (bicyclic) bond motifs is 1. The van der Waals surface area contributed by atoms with Crippen molar-refractivity contribution in [1.82, 2.24) is 4.98 Å². The van der Waals surface area contributed by atoms with Crippen LogP contribution in [0.2, 0.25) is 0 Å². The molecule has 0 amide bonds. The Morgan fingerprint density at radius 3 is 2.62 bits per heavy atom. The van der Waals surface area contributed by atoms with Gasteiger partial charge in [0, 0.05) is 28.6 Å². The lowest BCUT2D eigenvalue weighted by Crippen LogP contribution is -2.48. The number of benzene rings is 1. The summed E-state index contributed by atoms with van der Waals surface area (Å²) in [4.78, 5) is 2.94. The first-order valence-electron chi connectivity index (χ1n) is 7.58. The summed E-state index contributed by atoms with van der Waals surface area (Å²) in [5, 5.41) is 11.3. The molecule has 2 N–H and O–H groups in total. The average molecular weight is 337 g/mol. The maximum Gasteiger partial charge on any atom is 0.422 e. The van der Waals surface area contributed by atoms with Crippen LogP contribution in [0, 0.1) is 12.8 Å². The SMILES string of the molecule is COc1cc(C)c2[nH]ccc2c1C(O)(C1C=CC=CC1)C(F)(F)F. The second-order valence-corrected chi connectivity index (χ2v) is 5.96. The quantitative estimate of drug-likeness (QED) is 0.874. The molecule has 3 nitrogen and oxygen atoms in total. The molecular formula is C18H18F3NO2. The number of halogens is 3. The van der Waals surface area contributed by atoms with Crippen molar-refractivity contribution < 1.29 is 23.0 Å². The number of aromatic amines is 1. The molecule has 0 aliphatic heterocycles. The van der Waals surface area contributed by atoms with Gasteiger partial charge in [-0.2, -0.15) is 13.2 Å². The summed E-state index contributed by atoms with van der Waals surface area (Å²) in [5.74, 6) is -1.10. The molecule has 24 heavy (non-hydrogen) atoms. The molecule has 2 unspecified atom stereocenters. The van der Waals surface area contributed by atoms with E-state index in [1.807, 2.05) is 0 Å². The topological polar surface area (TPSA) is 45.2 Å². The molecule has 0 radical (unpaired) electrons. The second-order valence-electron chi connectivity index (χ2n) is 5.96. The smallest absolute Gasteiger partial charge is 0.422 e. The fraction of sp³-hybridized carbons (Fsp3) is 0.333. The summed E-state index contributed by atoms with van der Waals surface area (Å²) < 4.78 is 47.4. The van der Waals surface area contributed by atoms with Gasteiger partial charge in [0.05, 0.1) is 7.11 Å². The van der Waals surface area contributed by atoms with E-state index < -0.39 is 17.7 Å². The number of aryl methyl sites for hydroxylation is 1. The fourth-order valence-corrected chi connectivity index (χ4v) is 3.36. The summed E-state index contributed by atoms with van der Waals surface area (Å²) in [6, 6.07) is 3.06. The van der Waals surface area contributed by atoms with Crippen LogP contribution >= 0.6 is 0 Å². The van der Waals surface area contributed by atoms with Gasteiger partial charge in [-0.05, 0) is 31.0 Å². The molecule has 1 heterocycles. The minimum Gasteiger partial charge on any atom is -0.496 e. The van der Waals surface area contributed by atoms with Gasteiger partial charge in [-0.25, -0.2) is 0 Å². The lowest BCUT2D eigenvalue weighted by atomic mass is 9.75. The number of methoxy groups -OCH3 is 1. The molecule has 0 fully saturated rings. The van der Waals surface area contributed by atoms with Crippen molar-refractivity contribution in [2.75, 3.05) is 7.11 Å². The number of rotatable bonds is 3. The number of alkyl halides is 3. The largest absolute Gasteiger partial charge is 0.496 e. The van der Waals surface area contributed by atoms with Crippen LogP contribution in [0.3, 0.4) is 0 Å². The van der Waals surface area contributed by atoms with E-state index in [4.69, 9.17) is 4.74 Å². The fourth-order valence-electron chi connectivity index (χ4n) is 3.36. The number of nitrogens with one attached hydrogen (secondary N) is 1. The Labute approximate surface area is 137 Å². The molecule has 3 rings (SSSR count). The molecule has 1 aliphatic rings. The maximum absolute atomic E-state index is 14.1.